The highest BCUT2D eigenvalue weighted by Crippen LogP contribution is 2.17. The molecule has 2 amide bonds. The van der Waals surface area contributed by atoms with Crippen molar-refractivity contribution in [3.8, 4) is 5.75 Å². The van der Waals surface area contributed by atoms with Gasteiger partial charge in [0, 0.05) is 36.7 Å². The Morgan fingerprint density at radius 1 is 1.00 bits per heavy atom. The topological polar surface area (TPSA) is 88.7 Å². The van der Waals surface area contributed by atoms with E-state index in [0.717, 1.165) is 12.8 Å². The Balaban J connectivity index is 1.84. The molecule has 2 aromatic rings. The molecular formula is C22H29N3O4. The monoisotopic (exact) mass is 399 g/mol. The maximum Gasteiger partial charge on any atom is 0.251 e. The number of carbonyl (C=O) groups excluding carboxylic acids is 2. The van der Waals surface area contributed by atoms with Crippen LogP contribution in [0.3, 0.4) is 0 Å². The van der Waals surface area contributed by atoms with Crippen LogP contribution in [-0.2, 0) is 9.53 Å². The first-order valence-corrected chi connectivity index (χ1v) is 9.76. The van der Waals surface area contributed by atoms with Gasteiger partial charge in [-0.15, -0.1) is 0 Å². The van der Waals surface area contributed by atoms with E-state index < -0.39 is 0 Å². The number of hydrogen-bond donors (Lipinski definition) is 3. The van der Waals surface area contributed by atoms with E-state index in [1.165, 1.54) is 0 Å². The van der Waals surface area contributed by atoms with Gasteiger partial charge in [-0.3, -0.25) is 9.59 Å². The van der Waals surface area contributed by atoms with E-state index in [4.69, 9.17) is 9.47 Å². The number of hydrogen-bond acceptors (Lipinski definition) is 5. The van der Waals surface area contributed by atoms with Gasteiger partial charge in [0.15, 0.2) is 0 Å². The van der Waals surface area contributed by atoms with Gasteiger partial charge in [0.2, 0.25) is 5.91 Å². The summed E-state index contributed by atoms with van der Waals surface area (Å²) in [5.74, 6) is 0.350. The lowest BCUT2D eigenvalue weighted by molar-refractivity contribution is -0.114. The minimum absolute atomic E-state index is 0.0790. The Morgan fingerprint density at radius 2 is 1.79 bits per heavy atom. The summed E-state index contributed by atoms with van der Waals surface area (Å²) in [5, 5.41) is 8.75. The second-order valence-corrected chi connectivity index (χ2v) is 6.46. The van der Waals surface area contributed by atoms with Crippen molar-refractivity contribution in [2.75, 3.05) is 44.0 Å². The zero-order chi connectivity index (χ0) is 20.9. The quantitative estimate of drug-likeness (QED) is 0.477. The minimum atomic E-state index is -0.197. The summed E-state index contributed by atoms with van der Waals surface area (Å²) in [6.07, 6.45) is 1.97. The summed E-state index contributed by atoms with van der Waals surface area (Å²) in [7, 11) is 1.61. The number of unbranched alkanes of at least 4 members (excludes halogenated alkanes) is 1. The second kappa shape index (κ2) is 12.4. The maximum absolute atomic E-state index is 12.2. The number of ether oxygens (including phenoxy) is 2. The molecule has 7 heteroatoms. The molecule has 156 valence electrons. The van der Waals surface area contributed by atoms with Gasteiger partial charge in [-0.25, -0.2) is 0 Å². The highest BCUT2D eigenvalue weighted by atomic mass is 16.5. The van der Waals surface area contributed by atoms with E-state index in [1.807, 2.05) is 18.2 Å². The molecule has 0 aliphatic carbocycles. The van der Waals surface area contributed by atoms with Crippen LogP contribution in [0.1, 0.15) is 30.1 Å². The zero-order valence-corrected chi connectivity index (χ0v) is 17.0. The average molecular weight is 399 g/mol. The van der Waals surface area contributed by atoms with E-state index in [9.17, 15) is 9.59 Å². The average Bonchev–Trinajstić information content (AvgIpc) is 2.73. The number of carbonyl (C=O) groups is 2. The van der Waals surface area contributed by atoms with Crippen LogP contribution in [-0.4, -0.2) is 45.2 Å². The Hall–Kier alpha value is -3.06. The number of anilines is 2. The number of rotatable bonds is 12. The molecule has 0 spiro atoms. The predicted octanol–water partition coefficient (Wildman–Crippen LogP) is 3.29. The molecule has 2 aromatic carbocycles. The van der Waals surface area contributed by atoms with Crippen molar-refractivity contribution in [1.29, 1.82) is 0 Å². The molecule has 0 saturated heterocycles. The third-order valence-corrected chi connectivity index (χ3v) is 4.07. The fraction of sp³-hybridized carbons (Fsp3) is 0.364. The lowest BCUT2D eigenvalue weighted by Crippen LogP contribution is -2.25. The summed E-state index contributed by atoms with van der Waals surface area (Å²) in [4.78, 5) is 24.4. The maximum atomic E-state index is 12.2. The molecule has 2 rings (SSSR count). The number of benzene rings is 2. The van der Waals surface area contributed by atoms with E-state index in [1.54, 1.807) is 37.4 Å². The third kappa shape index (κ3) is 8.23. The molecule has 0 atom stereocenters. The van der Waals surface area contributed by atoms with Crippen molar-refractivity contribution >= 4 is 23.2 Å². The number of nitrogens with one attached hydrogen (secondary N) is 3. The van der Waals surface area contributed by atoms with E-state index in [-0.39, 0.29) is 18.4 Å². The van der Waals surface area contributed by atoms with Gasteiger partial charge in [-0.2, -0.15) is 0 Å². The number of amides is 2. The van der Waals surface area contributed by atoms with Crippen LogP contribution in [0.25, 0.3) is 0 Å². The van der Waals surface area contributed by atoms with Gasteiger partial charge in [-0.05, 0) is 36.8 Å². The van der Waals surface area contributed by atoms with Gasteiger partial charge in [-0.1, -0.05) is 25.5 Å². The fourth-order valence-corrected chi connectivity index (χ4v) is 2.55. The second-order valence-electron chi connectivity index (χ2n) is 6.46. The Labute approximate surface area is 171 Å². The Kier molecular flexibility index (Phi) is 9.51. The standard InChI is InChI=1S/C22H29N3O4/c1-3-4-11-23-22(27)17-7-5-8-18(14-17)24-16-21(26)25-19-9-6-10-20(15-19)29-13-12-28-2/h5-10,14-15,24H,3-4,11-13,16H2,1-2H3,(H,23,27)(H,25,26). The first-order chi connectivity index (χ1) is 14.1. The van der Waals surface area contributed by atoms with Crippen LogP contribution in [0, 0.1) is 0 Å². The fourth-order valence-electron chi connectivity index (χ4n) is 2.55. The van der Waals surface area contributed by atoms with Gasteiger partial charge < -0.3 is 25.4 Å². The third-order valence-electron chi connectivity index (χ3n) is 4.07. The van der Waals surface area contributed by atoms with Crippen LogP contribution in [0.5, 0.6) is 5.75 Å². The van der Waals surface area contributed by atoms with E-state index in [0.29, 0.717) is 42.4 Å². The molecule has 0 heterocycles. The van der Waals surface area contributed by atoms with Crippen LogP contribution in [0.4, 0.5) is 11.4 Å². The molecule has 0 aromatic heterocycles. The van der Waals surface area contributed by atoms with Crippen LogP contribution in [0.2, 0.25) is 0 Å². The molecule has 0 bridgehead atoms. The van der Waals surface area contributed by atoms with Crippen LogP contribution in [0.15, 0.2) is 48.5 Å². The first kappa shape index (κ1) is 22.2. The van der Waals surface area contributed by atoms with Crippen molar-refractivity contribution in [3.05, 3.63) is 54.1 Å². The number of methoxy groups -OCH3 is 1. The predicted molar refractivity (Wildman–Crippen MR) is 115 cm³/mol. The van der Waals surface area contributed by atoms with Gasteiger partial charge in [0.05, 0.1) is 13.2 Å². The lowest BCUT2D eigenvalue weighted by atomic mass is 10.2. The summed E-state index contributed by atoms with van der Waals surface area (Å²) in [6, 6.07) is 14.3. The van der Waals surface area contributed by atoms with Gasteiger partial charge >= 0.3 is 0 Å². The molecule has 7 nitrogen and oxygen atoms in total. The first-order valence-electron chi connectivity index (χ1n) is 9.76. The summed E-state index contributed by atoms with van der Waals surface area (Å²) in [5.41, 5.74) is 1.92. The molecular weight excluding hydrogens is 370 g/mol. The normalized spacial score (nSPS) is 10.3. The zero-order valence-electron chi connectivity index (χ0n) is 17.0. The van der Waals surface area contributed by atoms with E-state index in [2.05, 4.69) is 22.9 Å². The molecule has 0 aliphatic heterocycles. The van der Waals surface area contributed by atoms with Crippen molar-refractivity contribution in [1.82, 2.24) is 5.32 Å². The Morgan fingerprint density at radius 3 is 2.59 bits per heavy atom. The van der Waals surface area contributed by atoms with Crippen LogP contribution >= 0.6 is 0 Å². The highest BCUT2D eigenvalue weighted by Gasteiger charge is 2.07. The molecule has 29 heavy (non-hydrogen) atoms. The van der Waals surface area contributed by atoms with Crippen molar-refractivity contribution in [2.24, 2.45) is 0 Å². The molecule has 0 unspecified atom stereocenters. The van der Waals surface area contributed by atoms with Crippen molar-refractivity contribution in [2.45, 2.75) is 19.8 Å². The van der Waals surface area contributed by atoms with Crippen molar-refractivity contribution < 1.29 is 19.1 Å². The smallest absolute Gasteiger partial charge is 0.251 e. The highest BCUT2D eigenvalue weighted by molar-refractivity contribution is 5.96. The SMILES string of the molecule is CCCCNC(=O)c1cccc(NCC(=O)Nc2cccc(OCCOC)c2)c1. The molecule has 0 radical (unpaired) electrons. The molecule has 0 saturated carbocycles. The van der Waals surface area contributed by atoms with Gasteiger partial charge in [0.1, 0.15) is 12.4 Å². The van der Waals surface area contributed by atoms with Crippen LogP contribution < -0.4 is 20.7 Å². The molecule has 0 aliphatic rings. The Bertz CT molecular complexity index is 795. The van der Waals surface area contributed by atoms with E-state index >= 15 is 0 Å². The minimum Gasteiger partial charge on any atom is -0.491 e. The summed E-state index contributed by atoms with van der Waals surface area (Å²) in [6.45, 7) is 3.75. The lowest BCUT2D eigenvalue weighted by Gasteiger charge is -2.11. The molecule has 0 fully saturated rings. The summed E-state index contributed by atoms with van der Waals surface area (Å²) < 4.78 is 10.5. The summed E-state index contributed by atoms with van der Waals surface area (Å²) >= 11 is 0. The van der Waals surface area contributed by atoms with Gasteiger partial charge in [0.25, 0.3) is 5.91 Å². The van der Waals surface area contributed by atoms with Crippen molar-refractivity contribution in [3.63, 3.8) is 0 Å². The molecule has 3 N–H and O–H groups in total. The largest absolute Gasteiger partial charge is 0.491 e.